The molecule has 6 nitrogen and oxygen atoms in total. The molecule has 2 amide bonds. The molecule has 1 saturated heterocycles. The Bertz CT molecular complexity index is 309. The van der Waals surface area contributed by atoms with Gasteiger partial charge in [0.15, 0.2) is 0 Å². The van der Waals surface area contributed by atoms with Gasteiger partial charge in [-0.25, -0.2) is 4.79 Å². The second-order valence-electron chi connectivity index (χ2n) is 4.83. The SMILES string of the molecule is O=C(NCC1(C(=O)O)CC1)NC1CCCOC1. The Morgan fingerprint density at radius 2 is 2.18 bits per heavy atom. The van der Waals surface area contributed by atoms with Crippen molar-refractivity contribution in [1.82, 2.24) is 10.6 Å². The van der Waals surface area contributed by atoms with E-state index in [-0.39, 0.29) is 18.6 Å². The number of hydrogen-bond donors (Lipinski definition) is 3. The molecule has 3 N–H and O–H groups in total. The zero-order valence-corrected chi connectivity index (χ0v) is 9.70. The highest BCUT2D eigenvalue weighted by atomic mass is 16.5. The molecular weight excluding hydrogens is 224 g/mol. The molecule has 0 spiro atoms. The molecular formula is C11H18N2O4. The summed E-state index contributed by atoms with van der Waals surface area (Å²) in [5.74, 6) is -0.821. The third kappa shape index (κ3) is 3.09. The van der Waals surface area contributed by atoms with E-state index in [1.807, 2.05) is 0 Å². The van der Waals surface area contributed by atoms with E-state index in [0.717, 1.165) is 19.4 Å². The Labute approximate surface area is 99.7 Å². The average molecular weight is 242 g/mol. The largest absolute Gasteiger partial charge is 0.481 e. The fraction of sp³-hybridized carbons (Fsp3) is 0.818. The molecule has 1 aliphatic heterocycles. The third-order valence-corrected chi connectivity index (χ3v) is 3.39. The molecule has 0 aromatic heterocycles. The summed E-state index contributed by atoms with van der Waals surface area (Å²) in [5.41, 5.74) is -0.708. The molecule has 0 aromatic rings. The van der Waals surface area contributed by atoms with Gasteiger partial charge in [-0.3, -0.25) is 4.79 Å². The first kappa shape index (κ1) is 12.2. The number of ether oxygens (including phenoxy) is 1. The number of aliphatic carboxylic acids is 1. The molecule has 6 heteroatoms. The van der Waals surface area contributed by atoms with Gasteiger partial charge in [0.2, 0.25) is 0 Å². The van der Waals surface area contributed by atoms with Crippen molar-refractivity contribution in [3.63, 3.8) is 0 Å². The summed E-state index contributed by atoms with van der Waals surface area (Å²) in [5, 5.41) is 14.4. The van der Waals surface area contributed by atoms with Crippen LogP contribution in [0.3, 0.4) is 0 Å². The zero-order chi connectivity index (χ0) is 12.3. The maximum atomic E-state index is 11.5. The summed E-state index contributed by atoms with van der Waals surface area (Å²) in [7, 11) is 0. The number of hydrogen-bond acceptors (Lipinski definition) is 3. The van der Waals surface area contributed by atoms with Crippen LogP contribution in [-0.4, -0.2) is 42.9 Å². The molecule has 0 bridgehead atoms. The summed E-state index contributed by atoms with van der Waals surface area (Å²) in [6.45, 7) is 1.50. The van der Waals surface area contributed by atoms with Crippen molar-refractivity contribution in [1.29, 1.82) is 0 Å². The fourth-order valence-electron chi connectivity index (χ4n) is 1.96. The van der Waals surface area contributed by atoms with Crippen LogP contribution in [0.15, 0.2) is 0 Å². The molecule has 2 fully saturated rings. The molecule has 1 aliphatic carbocycles. The van der Waals surface area contributed by atoms with Gasteiger partial charge in [-0.1, -0.05) is 0 Å². The molecule has 17 heavy (non-hydrogen) atoms. The van der Waals surface area contributed by atoms with E-state index in [4.69, 9.17) is 9.84 Å². The van der Waals surface area contributed by atoms with Crippen molar-refractivity contribution in [2.24, 2.45) is 5.41 Å². The van der Waals surface area contributed by atoms with E-state index < -0.39 is 11.4 Å². The van der Waals surface area contributed by atoms with Gasteiger partial charge in [0, 0.05) is 13.2 Å². The van der Waals surface area contributed by atoms with Crippen molar-refractivity contribution >= 4 is 12.0 Å². The van der Waals surface area contributed by atoms with Crippen LogP contribution in [0.25, 0.3) is 0 Å². The Morgan fingerprint density at radius 3 is 2.71 bits per heavy atom. The number of carbonyl (C=O) groups is 2. The number of carboxylic acid groups (broad SMARTS) is 1. The van der Waals surface area contributed by atoms with Crippen LogP contribution in [0.4, 0.5) is 4.79 Å². The molecule has 0 aromatic carbocycles. The maximum Gasteiger partial charge on any atom is 0.315 e. The highest BCUT2D eigenvalue weighted by molar-refractivity contribution is 5.80. The number of urea groups is 1. The molecule has 96 valence electrons. The van der Waals surface area contributed by atoms with Gasteiger partial charge < -0.3 is 20.5 Å². The Kier molecular flexibility index (Phi) is 3.51. The number of carboxylic acids is 1. The lowest BCUT2D eigenvalue weighted by Crippen LogP contribution is -2.47. The van der Waals surface area contributed by atoms with Crippen LogP contribution < -0.4 is 10.6 Å². The topological polar surface area (TPSA) is 87.7 Å². The van der Waals surface area contributed by atoms with Crippen LogP contribution in [0.1, 0.15) is 25.7 Å². The van der Waals surface area contributed by atoms with Crippen LogP contribution >= 0.6 is 0 Å². The molecule has 2 rings (SSSR count). The van der Waals surface area contributed by atoms with Crippen molar-refractivity contribution in [2.45, 2.75) is 31.7 Å². The lowest BCUT2D eigenvalue weighted by molar-refractivity contribution is -0.143. The lowest BCUT2D eigenvalue weighted by atomic mass is 10.1. The van der Waals surface area contributed by atoms with E-state index in [2.05, 4.69) is 10.6 Å². The van der Waals surface area contributed by atoms with Crippen molar-refractivity contribution in [3.8, 4) is 0 Å². The van der Waals surface area contributed by atoms with E-state index in [1.54, 1.807) is 0 Å². The van der Waals surface area contributed by atoms with E-state index in [0.29, 0.717) is 19.4 Å². The number of amides is 2. The predicted molar refractivity (Wildman–Crippen MR) is 59.7 cm³/mol. The number of nitrogens with one attached hydrogen (secondary N) is 2. The third-order valence-electron chi connectivity index (χ3n) is 3.39. The molecule has 1 heterocycles. The minimum atomic E-state index is -0.821. The Balaban J connectivity index is 1.69. The van der Waals surface area contributed by atoms with Crippen LogP contribution in [0.2, 0.25) is 0 Å². The van der Waals surface area contributed by atoms with Gasteiger partial charge in [0.1, 0.15) is 0 Å². The normalized spacial score (nSPS) is 26.0. The number of rotatable bonds is 4. The fourth-order valence-corrected chi connectivity index (χ4v) is 1.96. The van der Waals surface area contributed by atoms with Gasteiger partial charge in [0.25, 0.3) is 0 Å². The highest BCUT2D eigenvalue weighted by Gasteiger charge is 2.50. The van der Waals surface area contributed by atoms with E-state index in [1.165, 1.54) is 0 Å². The van der Waals surface area contributed by atoms with Gasteiger partial charge in [0.05, 0.1) is 18.1 Å². The van der Waals surface area contributed by atoms with E-state index >= 15 is 0 Å². The van der Waals surface area contributed by atoms with Crippen molar-refractivity contribution < 1.29 is 19.4 Å². The van der Waals surface area contributed by atoms with Crippen molar-refractivity contribution in [2.75, 3.05) is 19.8 Å². The molecule has 1 saturated carbocycles. The van der Waals surface area contributed by atoms with Gasteiger partial charge in [-0.2, -0.15) is 0 Å². The lowest BCUT2D eigenvalue weighted by Gasteiger charge is -2.23. The summed E-state index contributed by atoms with van der Waals surface area (Å²) in [6, 6.07) is -0.253. The van der Waals surface area contributed by atoms with Crippen LogP contribution in [-0.2, 0) is 9.53 Å². The van der Waals surface area contributed by atoms with Gasteiger partial charge in [-0.15, -0.1) is 0 Å². The predicted octanol–water partition coefficient (Wildman–Crippen LogP) is 0.329. The summed E-state index contributed by atoms with van der Waals surface area (Å²) >= 11 is 0. The van der Waals surface area contributed by atoms with Gasteiger partial charge in [-0.05, 0) is 25.7 Å². The summed E-state index contributed by atoms with van der Waals surface area (Å²) in [6.07, 6.45) is 3.16. The maximum absolute atomic E-state index is 11.5. The molecule has 1 unspecified atom stereocenters. The highest BCUT2D eigenvalue weighted by Crippen LogP contribution is 2.45. The Morgan fingerprint density at radius 1 is 1.41 bits per heavy atom. The minimum absolute atomic E-state index is 0.0451. The standard InChI is InChI=1S/C11H18N2O4/c14-9(15)11(3-4-11)7-12-10(16)13-8-2-1-5-17-6-8/h8H,1-7H2,(H,14,15)(H2,12,13,16). The summed E-state index contributed by atoms with van der Waals surface area (Å²) in [4.78, 5) is 22.4. The van der Waals surface area contributed by atoms with Gasteiger partial charge >= 0.3 is 12.0 Å². The first-order valence-electron chi connectivity index (χ1n) is 5.98. The quantitative estimate of drug-likeness (QED) is 0.663. The second kappa shape index (κ2) is 4.91. The second-order valence-corrected chi connectivity index (χ2v) is 4.83. The molecule has 1 atom stereocenters. The average Bonchev–Trinajstić information content (AvgIpc) is 3.09. The first-order chi connectivity index (χ1) is 8.12. The van der Waals surface area contributed by atoms with Crippen LogP contribution in [0, 0.1) is 5.41 Å². The number of carbonyl (C=O) groups excluding carboxylic acids is 1. The molecule has 0 radical (unpaired) electrons. The monoisotopic (exact) mass is 242 g/mol. The first-order valence-corrected chi connectivity index (χ1v) is 5.98. The smallest absolute Gasteiger partial charge is 0.315 e. The van der Waals surface area contributed by atoms with E-state index in [9.17, 15) is 9.59 Å². The zero-order valence-electron chi connectivity index (χ0n) is 9.70. The molecule has 2 aliphatic rings. The minimum Gasteiger partial charge on any atom is -0.481 e. The van der Waals surface area contributed by atoms with Crippen LogP contribution in [0.5, 0.6) is 0 Å². The Hall–Kier alpha value is -1.30. The van der Waals surface area contributed by atoms with Crippen molar-refractivity contribution in [3.05, 3.63) is 0 Å². The summed E-state index contributed by atoms with van der Waals surface area (Å²) < 4.78 is 5.24.